The Hall–Kier alpha value is -4.04. The number of aryl methyl sites for hydroxylation is 3. The Bertz CT molecular complexity index is 1390. The van der Waals surface area contributed by atoms with Crippen LogP contribution in [0.2, 0.25) is 0 Å². The Morgan fingerprint density at radius 2 is 1.76 bits per heavy atom. The molecule has 0 atom stereocenters. The van der Waals surface area contributed by atoms with Crippen molar-refractivity contribution in [3.63, 3.8) is 0 Å². The topological polar surface area (TPSA) is 71.6 Å². The summed E-state index contributed by atoms with van der Waals surface area (Å²) in [6, 6.07) is 21.7. The quantitative estimate of drug-likeness (QED) is 0.363. The van der Waals surface area contributed by atoms with Gasteiger partial charge in [0.2, 0.25) is 0 Å². The van der Waals surface area contributed by atoms with E-state index < -0.39 is 0 Å². The van der Waals surface area contributed by atoms with Gasteiger partial charge in [-0.15, -0.1) is 0 Å². The molecule has 4 aromatic rings. The Kier molecular flexibility index (Phi) is 6.98. The number of aromatic nitrogens is 3. The monoisotopic (exact) mass is 448 g/mol. The summed E-state index contributed by atoms with van der Waals surface area (Å²) in [5.41, 5.74) is 6.13. The summed E-state index contributed by atoms with van der Waals surface area (Å²) in [5, 5.41) is 9.42. The van der Waals surface area contributed by atoms with Crippen molar-refractivity contribution in [2.75, 3.05) is 0 Å². The Balaban J connectivity index is 1.74. The lowest BCUT2D eigenvalue weighted by Crippen LogP contribution is -2.29. The van der Waals surface area contributed by atoms with E-state index in [0.717, 1.165) is 47.2 Å². The number of unbranched alkanes of at least 4 members (excludes halogenated alkanes) is 1. The van der Waals surface area contributed by atoms with Crippen molar-refractivity contribution in [3.05, 3.63) is 111 Å². The minimum atomic E-state index is -0.0612. The molecule has 4 rings (SSSR count). The van der Waals surface area contributed by atoms with Crippen LogP contribution in [0.25, 0.3) is 16.9 Å². The highest BCUT2D eigenvalue weighted by Crippen LogP contribution is 2.24. The zero-order chi connectivity index (χ0) is 24.1. The lowest BCUT2D eigenvalue weighted by Gasteiger charge is -2.15. The summed E-state index contributed by atoms with van der Waals surface area (Å²) in [5.74, 6) is 1.24. The van der Waals surface area contributed by atoms with Crippen LogP contribution in [0.4, 0.5) is 0 Å². The third-order valence-electron chi connectivity index (χ3n) is 6.02. The SMILES string of the molecule is CCCCc1nc(C)n(-c2ccc(C)cn2)c(=O)c1Cc1ccc(-c2ccccc2C#N)cc1. The Morgan fingerprint density at radius 1 is 1.00 bits per heavy atom. The number of hydrogen-bond acceptors (Lipinski definition) is 4. The lowest BCUT2D eigenvalue weighted by atomic mass is 9.97. The average molecular weight is 449 g/mol. The van der Waals surface area contributed by atoms with Crippen molar-refractivity contribution in [1.29, 1.82) is 5.26 Å². The molecular weight excluding hydrogens is 420 g/mol. The fourth-order valence-corrected chi connectivity index (χ4v) is 4.15. The largest absolute Gasteiger partial charge is 0.268 e. The fourth-order valence-electron chi connectivity index (χ4n) is 4.15. The summed E-state index contributed by atoms with van der Waals surface area (Å²) >= 11 is 0. The van der Waals surface area contributed by atoms with Gasteiger partial charge < -0.3 is 0 Å². The minimum Gasteiger partial charge on any atom is -0.268 e. The van der Waals surface area contributed by atoms with Gasteiger partial charge in [-0.1, -0.05) is 61.9 Å². The van der Waals surface area contributed by atoms with E-state index in [1.54, 1.807) is 10.8 Å². The molecule has 0 saturated heterocycles. The second-order valence-corrected chi connectivity index (χ2v) is 8.55. The van der Waals surface area contributed by atoms with Crippen molar-refractivity contribution >= 4 is 0 Å². The number of nitriles is 1. The van der Waals surface area contributed by atoms with Gasteiger partial charge in [0, 0.05) is 18.2 Å². The molecule has 0 radical (unpaired) electrons. The average Bonchev–Trinajstić information content (AvgIpc) is 2.86. The molecule has 0 N–H and O–H groups in total. The molecule has 0 aliphatic carbocycles. The molecule has 0 bridgehead atoms. The highest BCUT2D eigenvalue weighted by Gasteiger charge is 2.17. The van der Waals surface area contributed by atoms with Crippen LogP contribution in [0.15, 0.2) is 71.7 Å². The molecule has 0 fully saturated rings. The molecule has 0 aliphatic rings. The van der Waals surface area contributed by atoms with E-state index in [1.807, 2.05) is 74.5 Å². The smallest absolute Gasteiger partial charge is 0.263 e. The van der Waals surface area contributed by atoms with E-state index >= 15 is 0 Å². The summed E-state index contributed by atoms with van der Waals surface area (Å²) in [4.78, 5) is 23.0. The first-order chi connectivity index (χ1) is 16.5. The standard InChI is InChI=1S/C29H28N4O/c1-4-5-10-27-26(29(34)33(21(3)32-27)28-16-11-20(2)19-31-28)17-22-12-14-23(15-13-22)25-9-7-6-8-24(25)18-30/h6-9,11-16,19H,4-5,10,17H2,1-3H3. The maximum atomic E-state index is 13.7. The van der Waals surface area contributed by atoms with Crippen molar-refractivity contribution in [3.8, 4) is 23.0 Å². The summed E-state index contributed by atoms with van der Waals surface area (Å²) in [6.45, 7) is 5.98. The molecule has 2 heterocycles. The Morgan fingerprint density at radius 3 is 2.44 bits per heavy atom. The predicted molar refractivity (Wildman–Crippen MR) is 135 cm³/mol. The number of benzene rings is 2. The first-order valence-electron chi connectivity index (χ1n) is 11.6. The van der Waals surface area contributed by atoms with Crippen LogP contribution in [0.5, 0.6) is 0 Å². The maximum absolute atomic E-state index is 13.7. The van der Waals surface area contributed by atoms with E-state index in [9.17, 15) is 10.1 Å². The van der Waals surface area contributed by atoms with Crippen LogP contribution in [-0.4, -0.2) is 14.5 Å². The van der Waals surface area contributed by atoms with Crippen molar-refractivity contribution in [2.45, 2.75) is 46.5 Å². The second-order valence-electron chi connectivity index (χ2n) is 8.55. The molecule has 2 aromatic heterocycles. The first kappa shape index (κ1) is 23.1. The van der Waals surface area contributed by atoms with Gasteiger partial charge in [-0.2, -0.15) is 5.26 Å². The van der Waals surface area contributed by atoms with Crippen LogP contribution < -0.4 is 5.56 Å². The van der Waals surface area contributed by atoms with E-state index in [0.29, 0.717) is 29.2 Å². The molecule has 0 amide bonds. The van der Waals surface area contributed by atoms with Gasteiger partial charge in [0.25, 0.3) is 5.56 Å². The summed E-state index contributed by atoms with van der Waals surface area (Å²) < 4.78 is 1.61. The number of hydrogen-bond donors (Lipinski definition) is 0. The second kappa shape index (κ2) is 10.3. The van der Waals surface area contributed by atoms with Gasteiger partial charge in [-0.3, -0.25) is 4.79 Å². The normalized spacial score (nSPS) is 10.8. The highest BCUT2D eigenvalue weighted by molar-refractivity contribution is 5.70. The number of pyridine rings is 1. The van der Waals surface area contributed by atoms with Crippen LogP contribution in [0.1, 0.15) is 53.5 Å². The van der Waals surface area contributed by atoms with E-state index in [4.69, 9.17) is 4.98 Å². The molecule has 2 aromatic carbocycles. The molecule has 5 heteroatoms. The zero-order valence-electron chi connectivity index (χ0n) is 19.9. The van der Waals surface area contributed by atoms with Gasteiger partial charge in [0.05, 0.1) is 17.3 Å². The van der Waals surface area contributed by atoms with Gasteiger partial charge in [-0.05, 0) is 61.1 Å². The lowest BCUT2D eigenvalue weighted by molar-refractivity contribution is 0.729. The van der Waals surface area contributed by atoms with Gasteiger partial charge in [0.1, 0.15) is 11.6 Å². The third kappa shape index (κ3) is 4.82. The van der Waals surface area contributed by atoms with Crippen LogP contribution >= 0.6 is 0 Å². The molecule has 0 spiro atoms. The van der Waals surface area contributed by atoms with Gasteiger partial charge >= 0.3 is 0 Å². The summed E-state index contributed by atoms with van der Waals surface area (Å²) in [7, 11) is 0. The molecule has 170 valence electrons. The van der Waals surface area contributed by atoms with Crippen molar-refractivity contribution < 1.29 is 0 Å². The number of rotatable bonds is 7. The fraction of sp³-hybridized carbons (Fsp3) is 0.241. The molecule has 5 nitrogen and oxygen atoms in total. The molecule has 0 saturated carbocycles. The van der Waals surface area contributed by atoms with Crippen molar-refractivity contribution in [2.24, 2.45) is 0 Å². The maximum Gasteiger partial charge on any atom is 0.263 e. The van der Waals surface area contributed by atoms with E-state index in [-0.39, 0.29) is 5.56 Å². The van der Waals surface area contributed by atoms with Crippen LogP contribution in [-0.2, 0) is 12.8 Å². The van der Waals surface area contributed by atoms with E-state index in [2.05, 4.69) is 18.0 Å². The highest BCUT2D eigenvalue weighted by atomic mass is 16.1. The van der Waals surface area contributed by atoms with Gasteiger partial charge in [0.15, 0.2) is 0 Å². The molecule has 0 aliphatic heterocycles. The van der Waals surface area contributed by atoms with Crippen LogP contribution in [0, 0.1) is 25.2 Å². The zero-order valence-corrected chi connectivity index (χ0v) is 19.9. The van der Waals surface area contributed by atoms with E-state index in [1.165, 1.54) is 0 Å². The third-order valence-corrected chi connectivity index (χ3v) is 6.02. The molecule has 0 unspecified atom stereocenters. The molecular formula is C29H28N4O. The van der Waals surface area contributed by atoms with Crippen molar-refractivity contribution in [1.82, 2.24) is 14.5 Å². The minimum absolute atomic E-state index is 0.0612. The Labute approximate surface area is 200 Å². The van der Waals surface area contributed by atoms with Gasteiger partial charge in [-0.25, -0.2) is 14.5 Å². The summed E-state index contributed by atoms with van der Waals surface area (Å²) in [6.07, 6.45) is 5.06. The molecule has 34 heavy (non-hydrogen) atoms. The first-order valence-corrected chi connectivity index (χ1v) is 11.6. The predicted octanol–water partition coefficient (Wildman–Crippen LogP) is 5.72. The number of nitrogens with zero attached hydrogens (tertiary/aromatic N) is 4. The van der Waals surface area contributed by atoms with Crippen LogP contribution in [0.3, 0.4) is 0 Å².